The summed E-state index contributed by atoms with van der Waals surface area (Å²) in [7, 11) is 0. The molecule has 2 aromatic rings. The summed E-state index contributed by atoms with van der Waals surface area (Å²) in [5, 5.41) is 0. The molecular formula is C29H35NOS. The zero-order chi connectivity index (χ0) is 22.8. The quantitative estimate of drug-likeness (QED) is 0.393. The third kappa shape index (κ3) is 8.26. The van der Waals surface area contributed by atoms with Gasteiger partial charge in [-0.15, -0.1) is 0 Å². The van der Waals surface area contributed by atoms with E-state index in [2.05, 4.69) is 99.1 Å². The first-order valence-electron chi connectivity index (χ1n) is 11.4. The van der Waals surface area contributed by atoms with Gasteiger partial charge in [0.05, 0.1) is 0 Å². The molecule has 0 aromatic heterocycles. The molecule has 3 rings (SSSR count). The Labute approximate surface area is 198 Å². The van der Waals surface area contributed by atoms with E-state index in [-0.39, 0.29) is 5.41 Å². The van der Waals surface area contributed by atoms with Gasteiger partial charge in [-0.3, -0.25) is 4.90 Å². The standard InChI is InChI=1S/C29H35NOS/c1-5-30(17-8-6-7-16-29(2,3)4)21-24-11-10-14-28(20-24)31-22-25-12-9-13-26(19-25)27-15-18-32-23-27/h6,8-15,19-20H,5,17-18,21-23H2,1-4H3. The van der Waals surface area contributed by atoms with E-state index in [0.717, 1.165) is 36.9 Å². The Hall–Kier alpha value is -2.41. The molecule has 0 fully saturated rings. The first-order valence-corrected chi connectivity index (χ1v) is 12.6. The highest BCUT2D eigenvalue weighted by atomic mass is 32.2. The Bertz CT molecular complexity index is 1000. The molecule has 0 spiro atoms. The zero-order valence-electron chi connectivity index (χ0n) is 19.9. The lowest BCUT2D eigenvalue weighted by molar-refractivity contribution is 0.299. The van der Waals surface area contributed by atoms with Crippen LogP contribution in [0.4, 0.5) is 0 Å². The molecule has 2 aromatic carbocycles. The van der Waals surface area contributed by atoms with Crippen molar-refractivity contribution < 1.29 is 4.74 Å². The summed E-state index contributed by atoms with van der Waals surface area (Å²) in [6, 6.07) is 17.2. The van der Waals surface area contributed by atoms with Crippen LogP contribution in [0.2, 0.25) is 0 Å². The van der Waals surface area contributed by atoms with E-state index in [4.69, 9.17) is 4.74 Å². The summed E-state index contributed by atoms with van der Waals surface area (Å²) in [6.45, 7) is 11.9. The molecule has 0 saturated carbocycles. The molecule has 1 heterocycles. The van der Waals surface area contributed by atoms with Crippen LogP contribution in [0.15, 0.2) is 66.8 Å². The van der Waals surface area contributed by atoms with Crippen molar-refractivity contribution in [1.29, 1.82) is 0 Å². The number of nitrogens with zero attached hydrogens (tertiary/aromatic N) is 1. The Morgan fingerprint density at radius 1 is 1.09 bits per heavy atom. The van der Waals surface area contributed by atoms with Gasteiger partial charge in [0.1, 0.15) is 12.4 Å². The van der Waals surface area contributed by atoms with Gasteiger partial charge in [0.15, 0.2) is 0 Å². The van der Waals surface area contributed by atoms with Crippen LogP contribution in [0.1, 0.15) is 44.4 Å². The average Bonchev–Trinajstić information content (AvgIpc) is 3.31. The van der Waals surface area contributed by atoms with Crippen molar-refractivity contribution in [3.63, 3.8) is 0 Å². The van der Waals surface area contributed by atoms with Crippen molar-refractivity contribution in [1.82, 2.24) is 4.90 Å². The third-order valence-corrected chi connectivity index (χ3v) is 6.09. The molecule has 32 heavy (non-hydrogen) atoms. The van der Waals surface area contributed by atoms with E-state index in [1.807, 2.05) is 23.9 Å². The highest BCUT2D eigenvalue weighted by Crippen LogP contribution is 2.27. The number of thioether (sulfide) groups is 1. The van der Waals surface area contributed by atoms with Crippen LogP contribution in [0, 0.1) is 17.3 Å². The van der Waals surface area contributed by atoms with Crippen molar-refractivity contribution in [3.8, 4) is 17.6 Å². The molecule has 0 aliphatic carbocycles. The summed E-state index contributed by atoms with van der Waals surface area (Å²) >= 11 is 1.97. The number of allylic oxidation sites excluding steroid dienone is 1. The molecule has 1 aliphatic rings. The van der Waals surface area contributed by atoms with Gasteiger partial charge >= 0.3 is 0 Å². The zero-order valence-corrected chi connectivity index (χ0v) is 20.7. The Balaban J connectivity index is 1.55. The molecule has 0 N–H and O–H groups in total. The molecule has 0 atom stereocenters. The molecule has 0 bridgehead atoms. The lowest BCUT2D eigenvalue weighted by atomic mass is 9.98. The van der Waals surface area contributed by atoms with Crippen molar-refractivity contribution in [3.05, 3.63) is 83.4 Å². The van der Waals surface area contributed by atoms with Gasteiger partial charge in [0.25, 0.3) is 0 Å². The summed E-state index contributed by atoms with van der Waals surface area (Å²) in [6.07, 6.45) is 6.45. The number of ether oxygens (including phenoxy) is 1. The minimum Gasteiger partial charge on any atom is -0.489 e. The third-order valence-electron chi connectivity index (χ3n) is 5.17. The second-order valence-electron chi connectivity index (χ2n) is 9.13. The fourth-order valence-electron chi connectivity index (χ4n) is 3.43. The molecule has 0 radical (unpaired) electrons. The summed E-state index contributed by atoms with van der Waals surface area (Å²) in [5.74, 6) is 9.55. The summed E-state index contributed by atoms with van der Waals surface area (Å²) < 4.78 is 6.14. The van der Waals surface area contributed by atoms with Crippen molar-refractivity contribution in [2.45, 2.75) is 40.8 Å². The van der Waals surface area contributed by atoms with Gasteiger partial charge in [-0.2, -0.15) is 11.8 Å². The second kappa shape index (κ2) is 12.0. The second-order valence-corrected chi connectivity index (χ2v) is 10.2. The predicted molar refractivity (Wildman–Crippen MR) is 140 cm³/mol. The van der Waals surface area contributed by atoms with Crippen molar-refractivity contribution in [2.24, 2.45) is 5.41 Å². The molecule has 0 saturated heterocycles. The minimum absolute atomic E-state index is 0.0450. The fourth-order valence-corrected chi connectivity index (χ4v) is 4.37. The first-order chi connectivity index (χ1) is 15.4. The van der Waals surface area contributed by atoms with Crippen LogP contribution >= 0.6 is 11.8 Å². The van der Waals surface area contributed by atoms with E-state index in [9.17, 15) is 0 Å². The molecule has 3 heteroatoms. The molecule has 168 valence electrons. The smallest absolute Gasteiger partial charge is 0.120 e. The van der Waals surface area contributed by atoms with E-state index in [0.29, 0.717) is 6.61 Å². The van der Waals surface area contributed by atoms with Crippen LogP contribution in [0.5, 0.6) is 5.75 Å². The summed E-state index contributed by atoms with van der Waals surface area (Å²) in [4.78, 5) is 2.39. The maximum atomic E-state index is 6.14. The molecule has 0 unspecified atom stereocenters. The predicted octanol–water partition coefficient (Wildman–Crippen LogP) is 6.82. The van der Waals surface area contributed by atoms with Gasteiger partial charge in [-0.1, -0.05) is 61.2 Å². The first kappa shape index (κ1) is 24.2. The van der Waals surface area contributed by atoms with Crippen LogP contribution in [-0.2, 0) is 13.2 Å². The number of benzene rings is 2. The minimum atomic E-state index is 0.0450. The maximum absolute atomic E-state index is 6.14. The van der Waals surface area contributed by atoms with E-state index in [1.165, 1.54) is 22.3 Å². The van der Waals surface area contributed by atoms with Gasteiger partial charge in [0, 0.05) is 30.0 Å². The van der Waals surface area contributed by atoms with Gasteiger partial charge in [0.2, 0.25) is 0 Å². The molecular weight excluding hydrogens is 410 g/mol. The van der Waals surface area contributed by atoms with Crippen LogP contribution in [0.3, 0.4) is 0 Å². The van der Waals surface area contributed by atoms with Gasteiger partial charge < -0.3 is 4.74 Å². The SMILES string of the molecule is CCN(CC=CC#CC(C)(C)C)Cc1cccc(OCc2cccc(C3=CCSC3)c2)c1. The van der Waals surface area contributed by atoms with Gasteiger partial charge in [-0.25, -0.2) is 0 Å². The Morgan fingerprint density at radius 3 is 2.66 bits per heavy atom. The van der Waals surface area contributed by atoms with Crippen LogP contribution < -0.4 is 4.74 Å². The molecule has 0 amide bonds. The number of likely N-dealkylation sites (N-methyl/N-ethyl adjacent to an activating group) is 1. The van der Waals surface area contributed by atoms with Crippen LogP contribution in [0.25, 0.3) is 5.57 Å². The Kier molecular flexibility index (Phi) is 9.09. The van der Waals surface area contributed by atoms with Gasteiger partial charge in [-0.05, 0) is 73.9 Å². The van der Waals surface area contributed by atoms with Crippen molar-refractivity contribution in [2.75, 3.05) is 24.6 Å². The summed E-state index contributed by atoms with van der Waals surface area (Å²) in [5.41, 5.74) is 5.28. The molecule has 2 nitrogen and oxygen atoms in total. The molecule has 1 aliphatic heterocycles. The number of hydrogen-bond donors (Lipinski definition) is 0. The van der Waals surface area contributed by atoms with Crippen molar-refractivity contribution >= 4 is 17.3 Å². The van der Waals surface area contributed by atoms with E-state index >= 15 is 0 Å². The van der Waals surface area contributed by atoms with E-state index < -0.39 is 0 Å². The number of rotatable bonds is 9. The maximum Gasteiger partial charge on any atom is 0.120 e. The normalized spacial score (nSPS) is 13.8. The highest BCUT2D eigenvalue weighted by Gasteiger charge is 2.08. The lowest BCUT2D eigenvalue weighted by Gasteiger charge is -2.19. The largest absolute Gasteiger partial charge is 0.489 e. The number of hydrogen-bond acceptors (Lipinski definition) is 3. The van der Waals surface area contributed by atoms with E-state index in [1.54, 1.807) is 0 Å². The average molecular weight is 446 g/mol. The topological polar surface area (TPSA) is 12.5 Å². The fraction of sp³-hybridized carbons (Fsp3) is 0.379. The lowest BCUT2D eigenvalue weighted by Crippen LogP contribution is -2.22. The van der Waals surface area contributed by atoms with Crippen LogP contribution in [-0.4, -0.2) is 29.5 Å². The Morgan fingerprint density at radius 2 is 1.91 bits per heavy atom. The monoisotopic (exact) mass is 445 g/mol. The highest BCUT2D eigenvalue weighted by molar-refractivity contribution is 8.00.